The molecule has 0 saturated carbocycles. The maximum atomic E-state index is 8.63. The monoisotopic (exact) mass is 121 g/mol. The Morgan fingerprint density at radius 3 is 1.25 bits per heavy atom. The van der Waals surface area contributed by atoms with Gasteiger partial charge in [-0.25, -0.2) is 0 Å². The molecule has 5 heteroatoms. The van der Waals surface area contributed by atoms with Crippen LogP contribution in [0.1, 0.15) is 6.92 Å². The molecule has 50 valence electrons. The summed E-state index contributed by atoms with van der Waals surface area (Å²) in [6.45, 7) is 1.10. The van der Waals surface area contributed by atoms with Crippen LogP contribution in [0.25, 0.3) is 0 Å². The normalized spacial score (nSPS) is 20.2. The van der Waals surface area contributed by atoms with E-state index < -0.39 is 11.6 Å². The van der Waals surface area contributed by atoms with E-state index in [0.717, 1.165) is 6.92 Å². The van der Waals surface area contributed by atoms with Gasteiger partial charge in [0, 0.05) is 0 Å². The van der Waals surface area contributed by atoms with Gasteiger partial charge in [-0.2, -0.15) is 0 Å². The summed E-state index contributed by atoms with van der Waals surface area (Å²) in [6, 6.07) is 0. The summed E-state index contributed by atoms with van der Waals surface area (Å²) < 4.78 is 0. The highest BCUT2D eigenvalue weighted by Crippen LogP contribution is 2.01. The molecule has 0 aromatic carbocycles. The second-order valence-corrected chi connectivity index (χ2v) is 1.97. The molecule has 5 nitrogen and oxygen atoms in total. The highest BCUT2D eigenvalue weighted by molar-refractivity contribution is 4.80. The van der Waals surface area contributed by atoms with Crippen molar-refractivity contribution in [2.75, 3.05) is 0 Å². The zero-order chi connectivity index (χ0) is 7.00. The first kappa shape index (κ1) is 7.80. The SMILES string of the molecule is CC(N)(O)C(N)(N)O. The average Bonchev–Trinajstić information content (AvgIpc) is 1.25. The minimum atomic E-state index is -2.23. The third-order valence-electron chi connectivity index (χ3n) is 0.811. The Kier molecular flexibility index (Phi) is 1.60. The minimum absolute atomic E-state index is 1.10. The Labute approximate surface area is 47.1 Å². The van der Waals surface area contributed by atoms with Crippen LogP contribution < -0.4 is 17.2 Å². The van der Waals surface area contributed by atoms with Crippen molar-refractivity contribution in [2.24, 2.45) is 17.2 Å². The maximum absolute atomic E-state index is 8.63. The van der Waals surface area contributed by atoms with E-state index in [2.05, 4.69) is 0 Å². The van der Waals surface area contributed by atoms with Gasteiger partial charge in [0.1, 0.15) is 0 Å². The van der Waals surface area contributed by atoms with E-state index in [0.29, 0.717) is 0 Å². The van der Waals surface area contributed by atoms with Crippen molar-refractivity contribution in [3.05, 3.63) is 0 Å². The molecule has 0 saturated heterocycles. The van der Waals surface area contributed by atoms with Crippen molar-refractivity contribution in [3.8, 4) is 0 Å². The summed E-state index contributed by atoms with van der Waals surface area (Å²) in [6.07, 6.45) is 0. The van der Waals surface area contributed by atoms with Crippen LogP contribution in [0, 0.1) is 0 Å². The van der Waals surface area contributed by atoms with Gasteiger partial charge in [-0.05, 0) is 6.92 Å². The first-order valence-corrected chi connectivity index (χ1v) is 2.06. The predicted molar refractivity (Wildman–Crippen MR) is 28.1 cm³/mol. The molecule has 0 aliphatic heterocycles. The van der Waals surface area contributed by atoms with Crippen LogP contribution in [0.4, 0.5) is 0 Å². The maximum Gasteiger partial charge on any atom is 0.210 e. The van der Waals surface area contributed by atoms with Crippen molar-refractivity contribution in [1.82, 2.24) is 0 Å². The van der Waals surface area contributed by atoms with Gasteiger partial charge in [-0.1, -0.05) is 0 Å². The second kappa shape index (κ2) is 1.64. The average molecular weight is 121 g/mol. The summed E-state index contributed by atoms with van der Waals surface area (Å²) in [7, 11) is 0. The molecule has 0 heterocycles. The topological polar surface area (TPSA) is 119 Å². The fourth-order valence-electron chi connectivity index (χ4n) is 0. The molecule has 0 spiro atoms. The van der Waals surface area contributed by atoms with Gasteiger partial charge in [-0.3, -0.25) is 17.2 Å². The highest BCUT2D eigenvalue weighted by atomic mass is 16.4. The van der Waals surface area contributed by atoms with Crippen molar-refractivity contribution < 1.29 is 10.2 Å². The molecule has 1 atom stereocenters. The Morgan fingerprint density at radius 2 is 1.25 bits per heavy atom. The van der Waals surface area contributed by atoms with Gasteiger partial charge in [0.2, 0.25) is 5.85 Å². The standard InChI is InChI=1S/C3H11N3O2/c1-2(4,7)3(5,6)8/h7-8H,4-6H2,1H3. The van der Waals surface area contributed by atoms with Crippen LogP contribution in [-0.4, -0.2) is 21.8 Å². The summed E-state index contributed by atoms with van der Waals surface area (Å²) >= 11 is 0. The molecular formula is C3H11N3O2. The van der Waals surface area contributed by atoms with E-state index >= 15 is 0 Å². The van der Waals surface area contributed by atoms with Crippen LogP contribution in [0.5, 0.6) is 0 Å². The lowest BCUT2D eigenvalue weighted by Crippen LogP contribution is -2.70. The Bertz CT molecular complexity index is 67.5. The number of aliphatic hydroxyl groups is 2. The molecule has 8 N–H and O–H groups in total. The van der Waals surface area contributed by atoms with Gasteiger partial charge >= 0.3 is 0 Å². The van der Waals surface area contributed by atoms with E-state index in [1.54, 1.807) is 0 Å². The Balaban J connectivity index is 4.02. The summed E-state index contributed by atoms with van der Waals surface area (Å²) in [5.41, 5.74) is 12.5. The number of hydrogen-bond donors (Lipinski definition) is 5. The molecule has 0 aromatic heterocycles. The molecule has 0 aliphatic carbocycles. The lowest BCUT2D eigenvalue weighted by Gasteiger charge is -2.30. The Hall–Kier alpha value is -0.200. The van der Waals surface area contributed by atoms with Crippen molar-refractivity contribution in [2.45, 2.75) is 18.5 Å². The van der Waals surface area contributed by atoms with E-state index in [4.69, 9.17) is 27.4 Å². The molecule has 0 bridgehead atoms. The lowest BCUT2D eigenvalue weighted by atomic mass is 10.2. The molecule has 0 radical (unpaired) electrons. The zero-order valence-electron chi connectivity index (χ0n) is 4.63. The van der Waals surface area contributed by atoms with Crippen LogP contribution in [0.3, 0.4) is 0 Å². The molecule has 0 amide bonds. The second-order valence-electron chi connectivity index (χ2n) is 1.97. The first-order valence-electron chi connectivity index (χ1n) is 2.06. The summed E-state index contributed by atoms with van der Waals surface area (Å²) in [4.78, 5) is 0. The highest BCUT2D eigenvalue weighted by Gasteiger charge is 2.34. The van der Waals surface area contributed by atoms with Crippen molar-refractivity contribution >= 4 is 0 Å². The molecule has 8 heavy (non-hydrogen) atoms. The molecule has 0 aromatic rings. The third-order valence-corrected chi connectivity index (χ3v) is 0.811. The molecule has 0 aliphatic rings. The summed E-state index contributed by atoms with van der Waals surface area (Å²) in [5, 5.41) is 17.2. The number of rotatable bonds is 1. The molecule has 1 unspecified atom stereocenters. The fraction of sp³-hybridized carbons (Fsp3) is 1.00. The van der Waals surface area contributed by atoms with E-state index in [-0.39, 0.29) is 0 Å². The van der Waals surface area contributed by atoms with Gasteiger partial charge in [0.25, 0.3) is 0 Å². The zero-order valence-corrected chi connectivity index (χ0v) is 4.63. The third kappa shape index (κ3) is 1.73. The van der Waals surface area contributed by atoms with Gasteiger partial charge < -0.3 is 10.2 Å². The molecule has 0 rings (SSSR count). The number of nitrogens with two attached hydrogens (primary N) is 3. The van der Waals surface area contributed by atoms with E-state index in [1.165, 1.54) is 0 Å². The van der Waals surface area contributed by atoms with Crippen molar-refractivity contribution in [1.29, 1.82) is 0 Å². The predicted octanol–water partition coefficient (Wildman–Crippen LogP) is -2.78. The molecular weight excluding hydrogens is 110 g/mol. The molecule has 0 fully saturated rings. The quantitative estimate of drug-likeness (QED) is 0.240. The van der Waals surface area contributed by atoms with E-state index in [9.17, 15) is 0 Å². The van der Waals surface area contributed by atoms with Gasteiger partial charge in [0.05, 0.1) is 0 Å². The minimum Gasteiger partial charge on any atom is -0.371 e. The first-order chi connectivity index (χ1) is 3.25. The van der Waals surface area contributed by atoms with E-state index in [1.807, 2.05) is 0 Å². The summed E-state index contributed by atoms with van der Waals surface area (Å²) in [5.74, 6) is -2.23. The smallest absolute Gasteiger partial charge is 0.210 e. The van der Waals surface area contributed by atoms with Crippen LogP contribution in [0.15, 0.2) is 0 Å². The van der Waals surface area contributed by atoms with Gasteiger partial charge in [-0.15, -0.1) is 0 Å². The number of hydrogen-bond acceptors (Lipinski definition) is 5. The van der Waals surface area contributed by atoms with Crippen LogP contribution in [-0.2, 0) is 0 Å². The van der Waals surface area contributed by atoms with Crippen LogP contribution >= 0.6 is 0 Å². The lowest BCUT2D eigenvalue weighted by molar-refractivity contribution is -0.131. The van der Waals surface area contributed by atoms with Gasteiger partial charge in [0.15, 0.2) is 5.72 Å². The van der Waals surface area contributed by atoms with Crippen LogP contribution in [0.2, 0.25) is 0 Å². The fourth-order valence-corrected chi connectivity index (χ4v) is 0. The Morgan fingerprint density at radius 1 is 1.12 bits per heavy atom. The van der Waals surface area contributed by atoms with Crippen molar-refractivity contribution in [3.63, 3.8) is 0 Å². The largest absolute Gasteiger partial charge is 0.371 e.